The molecule has 3 aromatic rings. The van der Waals surface area contributed by atoms with Gasteiger partial charge in [0.05, 0.1) is 14.2 Å². The number of benzene rings is 3. The van der Waals surface area contributed by atoms with Gasteiger partial charge in [0.1, 0.15) is 0 Å². The van der Waals surface area contributed by atoms with Crippen LogP contribution in [0.15, 0.2) is 36.4 Å². The summed E-state index contributed by atoms with van der Waals surface area (Å²) in [6.45, 7) is 0.262. The molecule has 4 heteroatoms. The van der Waals surface area contributed by atoms with E-state index >= 15 is 0 Å². The summed E-state index contributed by atoms with van der Waals surface area (Å²) in [6, 6.07) is 12.1. The molecular formula is C17H14O4. The smallest absolute Gasteiger partial charge is 0.231 e. The number of fused-ring (bicyclic) bond motifs is 5. The Labute approximate surface area is 121 Å². The second-order valence-electron chi connectivity index (χ2n) is 4.89. The summed E-state index contributed by atoms with van der Waals surface area (Å²) in [4.78, 5) is 0. The predicted octanol–water partition coefficient (Wildman–Crippen LogP) is 3.74. The first kappa shape index (κ1) is 12.1. The summed E-state index contributed by atoms with van der Waals surface area (Å²) < 4.78 is 21.9. The summed E-state index contributed by atoms with van der Waals surface area (Å²) >= 11 is 0. The number of ether oxygens (including phenoxy) is 4. The highest BCUT2D eigenvalue weighted by molar-refractivity contribution is 6.12. The van der Waals surface area contributed by atoms with Crippen molar-refractivity contribution in [2.24, 2.45) is 0 Å². The molecule has 0 N–H and O–H groups in total. The molecule has 0 radical (unpaired) electrons. The first-order chi connectivity index (χ1) is 10.3. The number of hydrogen-bond donors (Lipinski definition) is 0. The average molecular weight is 282 g/mol. The molecule has 21 heavy (non-hydrogen) atoms. The molecule has 0 saturated heterocycles. The molecule has 0 aliphatic carbocycles. The van der Waals surface area contributed by atoms with Gasteiger partial charge in [0.25, 0.3) is 0 Å². The van der Waals surface area contributed by atoms with E-state index in [4.69, 9.17) is 18.9 Å². The molecule has 4 rings (SSSR count). The summed E-state index contributed by atoms with van der Waals surface area (Å²) in [7, 11) is 3.28. The standard InChI is InChI=1S/C17H14O4/c1-18-14-7-11-4-3-10-5-6-13-17(21-9-20-13)16(10)12(11)8-15(14)19-2/h3-8H,9H2,1-2H3. The van der Waals surface area contributed by atoms with Crippen molar-refractivity contribution in [3.63, 3.8) is 0 Å². The fraction of sp³-hybridized carbons (Fsp3) is 0.176. The van der Waals surface area contributed by atoms with Gasteiger partial charge in [-0.25, -0.2) is 0 Å². The van der Waals surface area contributed by atoms with E-state index in [2.05, 4.69) is 12.1 Å². The van der Waals surface area contributed by atoms with Gasteiger partial charge in [0.15, 0.2) is 23.0 Å². The van der Waals surface area contributed by atoms with E-state index in [1.807, 2.05) is 24.3 Å². The third-order valence-corrected chi connectivity index (χ3v) is 3.84. The van der Waals surface area contributed by atoms with Gasteiger partial charge in [-0.2, -0.15) is 0 Å². The van der Waals surface area contributed by atoms with Gasteiger partial charge < -0.3 is 18.9 Å². The summed E-state index contributed by atoms with van der Waals surface area (Å²) in [5.41, 5.74) is 0. The highest BCUT2D eigenvalue weighted by Gasteiger charge is 2.19. The Morgan fingerprint density at radius 2 is 1.57 bits per heavy atom. The third-order valence-electron chi connectivity index (χ3n) is 3.84. The van der Waals surface area contributed by atoms with Gasteiger partial charge in [-0.15, -0.1) is 0 Å². The van der Waals surface area contributed by atoms with E-state index in [-0.39, 0.29) is 6.79 Å². The monoisotopic (exact) mass is 282 g/mol. The van der Waals surface area contributed by atoms with Gasteiger partial charge in [0, 0.05) is 5.39 Å². The normalized spacial score (nSPS) is 12.9. The van der Waals surface area contributed by atoms with E-state index in [1.165, 1.54) is 0 Å². The molecular weight excluding hydrogens is 268 g/mol. The Hall–Kier alpha value is -2.62. The molecule has 106 valence electrons. The zero-order valence-electron chi connectivity index (χ0n) is 11.8. The van der Waals surface area contributed by atoms with Crippen LogP contribution in [0.25, 0.3) is 21.5 Å². The predicted molar refractivity (Wildman–Crippen MR) is 80.7 cm³/mol. The molecule has 0 spiro atoms. The molecule has 3 aromatic carbocycles. The minimum atomic E-state index is 0.262. The van der Waals surface area contributed by atoms with E-state index in [9.17, 15) is 0 Å². The average Bonchev–Trinajstić information content (AvgIpc) is 3.01. The molecule has 1 aliphatic heterocycles. The van der Waals surface area contributed by atoms with Crippen molar-refractivity contribution in [1.82, 2.24) is 0 Å². The largest absolute Gasteiger partial charge is 0.493 e. The van der Waals surface area contributed by atoms with Crippen LogP contribution in [0.2, 0.25) is 0 Å². The fourth-order valence-corrected chi connectivity index (χ4v) is 2.83. The van der Waals surface area contributed by atoms with Crippen molar-refractivity contribution in [1.29, 1.82) is 0 Å². The Bertz CT molecular complexity index is 854. The first-order valence-corrected chi connectivity index (χ1v) is 6.69. The van der Waals surface area contributed by atoms with Crippen LogP contribution in [0.3, 0.4) is 0 Å². The molecule has 0 atom stereocenters. The second-order valence-corrected chi connectivity index (χ2v) is 4.89. The molecule has 0 amide bonds. The van der Waals surface area contributed by atoms with Crippen molar-refractivity contribution in [2.75, 3.05) is 21.0 Å². The van der Waals surface area contributed by atoms with Crippen LogP contribution < -0.4 is 18.9 Å². The highest BCUT2D eigenvalue weighted by Crippen LogP contribution is 2.44. The molecule has 1 heterocycles. The lowest BCUT2D eigenvalue weighted by Gasteiger charge is -2.12. The zero-order chi connectivity index (χ0) is 14.4. The Morgan fingerprint density at radius 1 is 0.857 bits per heavy atom. The van der Waals surface area contributed by atoms with Crippen molar-refractivity contribution in [3.8, 4) is 23.0 Å². The Kier molecular flexibility index (Phi) is 2.57. The van der Waals surface area contributed by atoms with Crippen LogP contribution in [0.1, 0.15) is 0 Å². The maximum absolute atomic E-state index is 5.66. The molecule has 1 aliphatic rings. The minimum absolute atomic E-state index is 0.262. The zero-order valence-corrected chi connectivity index (χ0v) is 11.8. The maximum Gasteiger partial charge on any atom is 0.231 e. The quantitative estimate of drug-likeness (QED) is 0.671. The number of rotatable bonds is 2. The van der Waals surface area contributed by atoms with Crippen LogP contribution in [0.4, 0.5) is 0 Å². The van der Waals surface area contributed by atoms with Gasteiger partial charge in [-0.1, -0.05) is 18.2 Å². The molecule has 4 nitrogen and oxygen atoms in total. The number of hydrogen-bond acceptors (Lipinski definition) is 4. The van der Waals surface area contributed by atoms with Gasteiger partial charge in [-0.3, -0.25) is 0 Å². The molecule has 0 bridgehead atoms. The Morgan fingerprint density at radius 3 is 2.38 bits per heavy atom. The van der Waals surface area contributed by atoms with Crippen molar-refractivity contribution >= 4 is 21.5 Å². The molecule has 0 saturated carbocycles. The van der Waals surface area contributed by atoms with Crippen LogP contribution in [0, 0.1) is 0 Å². The van der Waals surface area contributed by atoms with Gasteiger partial charge in [-0.05, 0) is 34.4 Å². The number of methoxy groups -OCH3 is 2. The van der Waals surface area contributed by atoms with Gasteiger partial charge in [0.2, 0.25) is 6.79 Å². The minimum Gasteiger partial charge on any atom is -0.493 e. The topological polar surface area (TPSA) is 36.9 Å². The summed E-state index contributed by atoms with van der Waals surface area (Å²) in [6.07, 6.45) is 0. The third kappa shape index (κ3) is 1.69. The van der Waals surface area contributed by atoms with E-state index in [0.717, 1.165) is 33.0 Å². The van der Waals surface area contributed by atoms with Crippen molar-refractivity contribution < 1.29 is 18.9 Å². The lowest BCUT2D eigenvalue weighted by atomic mass is 10.00. The highest BCUT2D eigenvalue weighted by atomic mass is 16.7. The van der Waals surface area contributed by atoms with Crippen LogP contribution in [0.5, 0.6) is 23.0 Å². The van der Waals surface area contributed by atoms with E-state index < -0.39 is 0 Å². The van der Waals surface area contributed by atoms with Crippen LogP contribution in [-0.4, -0.2) is 21.0 Å². The van der Waals surface area contributed by atoms with Crippen LogP contribution >= 0.6 is 0 Å². The van der Waals surface area contributed by atoms with Crippen LogP contribution in [-0.2, 0) is 0 Å². The molecule has 0 unspecified atom stereocenters. The molecule has 0 aromatic heterocycles. The maximum atomic E-state index is 5.66. The Balaban J connectivity index is 2.15. The summed E-state index contributed by atoms with van der Waals surface area (Å²) in [5.74, 6) is 3.00. The van der Waals surface area contributed by atoms with Crippen molar-refractivity contribution in [3.05, 3.63) is 36.4 Å². The van der Waals surface area contributed by atoms with E-state index in [0.29, 0.717) is 11.5 Å². The molecule has 0 fully saturated rings. The van der Waals surface area contributed by atoms with Crippen molar-refractivity contribution in [2.45, 2.75) is 0 Å². The van der Waals surface area contributed by atoms with E-state index in [1.54, 1.807) is 14.2 Å². The second kappa shape index (κ2) is 4.45. The summed E-state index contributed by atoms with van der Waals surface area (Å²) in [5, 5.41) is 4.29. The SMILES string of the molecule is COc1cc2ccc3ccc4c(c3c2cc1OC)OCO4. The van der Waals surface area contributed by atoms with Gasteiger partial charge >= 0.3 is 0 Å². The first-order valence-electron chi connectivity index (χ1n) is 6.69. The fourth-order valence-electron chi connectivity index (χ4n) is 2.83. The lowest BCUT2D eigenvalue weighted by Crippen LogP contribution is -1.93. The lowest BCUT2D eigenvalue weighted by molar-refractivity contribution is 0.175.